The molecule has 134 valence electrons. The van der Waals surface area contributed by atoms with Gasteiger partial charge in [0.25, 0.3) is 0 Å². The van der Waals surface area contributed by atoms with Gasteiger partial charge in [0.15, 0.2) is 0 Å². The zero-order valence-corrected chi connectivity index (χ0v) is 14.7. The van der Waals surface area contributed by atoms with E-state index in [2.05, 4.69) is 5.32 Å². The van der Waals surface area contributed by atoms with Crippen molar-refractivity contribution in [3.05, 3.63) is 71.8 Å². The first-order chi connectivity index (χ1) is 11.6. The minimum Gasteiger partial charge on any atom is -0.461 e. The highest BCUT2D eigenvalue weighted by Crippen LogP contribution is 2.03. The van der Waals surface area contributed by atoms with Gasteiger partial charge in [0.05, 0.1) is 12.5 Å². The van der Waals surface area contributed by atoms with Crippen LogP contribution in [0.25, 0.3) is 0 Å². The molecular weight excluding hydrogens is 340 g/mol. The van der Waals surface area contributed by atoms with E-state index in [0.29, 0.717) is 6.42 Å². The molecule has 0 aromatic heterocycles. The number of nitrogens with one attached hydrogen (secondary N) is 1. The Kier molecular flexibility index (Phi) is 9.29. The van der Waals surface area contributed by atoms with Gasteiger partial charge in [-0.15, -0.1) is 12.4 Å². The van der Waals surface area contributed by atoms with Crippen LogP contribution in [0, 0.1) is 0 Å². The van der Waals surface area contributed by atoms with Crippen LogP contribution in [-0.4, -0.2) is 24.5 Å². The highest BCUT2D eigenvalue weighted by Gasteiger charge is 2.14. The summed E-state index contributed by atoms with van der Waals surface area (Å²) in [6, 6.07) is 18.4. The molecule has 0 saturated carbocycles. The first kappa shape index (κ1) is 20.7. The monoisotopic (exact) mass is 362 g/mol. The van der Waals surface area contributed by atoms with E-state index >= 15 is 0 Å². The summed E-state index contributed by atoms with van der Waals surface area (Å²) >= 11 is 0. The lowest BCUT2D eigenvalue weighted by Gasteiger charge is -2.12. The number of rotatable bonds is 8. The summed E-state index contributed by atoms with van der Waals surface area (Å²) in [6.07, 6.45) is 0.585. The third-order valence-corrected chi connectivity index (χ3v) is 3.51. The maximum absolute atomic E-state index is 11.9. The zero-order chi connectivity index (χ0) is 17.2. The number of halogens is 1. The third-order valence-electron chi connectivity index (χ3n) is 3.51. The summed E-state index contributed by atoms with van der Waals surface area (Å²) in [4.78, 5) is 23.6. The van der Waals surface area contributed by atoms with E-state index in [4.69, 9.17) is 10.5 Å². The quantitative estimate of drug-likeness (QED) is 0.705. The van der Waals surface area contributed by atoms with E-state index in [1.54, 1.807) is 0 Å². The fourth-order valence-corrected chi connectivity index (χ4v) is 2.19. The van der Waals surface area contributed by atoms with Crippen LogP contribution in [0.4, 0.5) is 0 Å². The van der Waals surface area contributed by atoms with E-state index in [1.165, 1.54) is 0 Å². The number of nitrogens with two attached hydrogens (primary N) is 1. The predicted molar refractivity (Wildman–Crippen MR) is 99.2 cm³/mol. The second-order valence-electron chi connectivity index (χ2n) is 5.48. The highest BCUT2D eigenvalue weighted by molar-refractivity contribution is 5.85. The highest BCUT2D eigenvalue weighted by atomic mass is 35.5. The van der Waals surface area contributed by atoms with Crippen LogP contribution in [0.5, 0.6) is 0 Å². The molecule has 0 fully saturated rings. The smallest absolute Gasteiger partial charge is 0.307 e. The van der Waals surface area contributed by atoms with Crippen molar-refractivity contribution in [2.75, 3.05) is 6.54 Å². The molecule has 0 unspecified atom stereocenters. The zero-order valence-electron chi connectivity index (χ0n) is 13.9. The molecular formula is C19H23ClN2O3. The Morgan fingerprint density at radius 2 is 1.52 bits per heavy atom. The number of benzene rings is 2. The molecule has 2 aromatic carbocycles. The first-order valence-corrected chi connectivity index (χ1v) is 7.92. The van der Waals surface area contributed by atoms with Crippen molar-refractivity contribution in [2.45, 2.75) is 25.5 Å². The second kappa shape index (κ2) is 11.2. The molecule has 25 heavy (non-hydrogen) atoms. The molecule has 3 N–H and O–H groups in total. The largest absolute Gasteiger partial charge is 0.461 e. The van der Waals surface area contributed by atoms with Crippen LogP contribution >= 0.6 is 12.4 Å². The topological polar surface area (TPSA) is 81.4 Å². The molecule has 0 saturated heterocycles. The Bertz CT molecular complexity index is 650. The van der Waals surface area contributed by atoms with Gasteiger partial charge in [-0.25, -0.2) is 0 Å². The van der Waals surface area contributed by atoms with Gasteiger partial charge in [0.1, 0.15) is 6.61 Å². The van der Waals surface area contributed by atoms with Crippen molar-refractivity contribution in [2.24, 2.45) is 5.73 Å². The number of hydrogen-bond donors (Lipinski definition) is 2. The summed E-state index contributed by atoms with van der Waals surface area (Å²) in [5.74, 6) is -0.620. The Morgan fingerprint density at radius 3 is 2.12 bits per heavy atom. The number of amides is 1. The normalized spacial score (nSPS) is 11.1. The molecule has 5 nitrogen and oxygen atoms in total. The predicted octanol–water partition coefficient (Wildman–Crippen LogP) is 2.23. The van der Waals surface area contributed by atoms with Crippen molar-refractivity contribution >= 4 is 24.3 Å². The lowest BCUT2D eigenvalue weighted by atomic mass is 10.1. The number of esters is 1. The van der Waals surface area contributed by atoms with Crippen molar-refractivity contribution in [3.63, 3.8) is 0 Å². The van der Waals surface area contributed by atoms with Crippen LogP contribution in [0.1, 0.15) is 17.5 Å². The van der Waals surface area contributed by atoms with Crippen LogP contribution in [0.3, 0.4) is 0 Å². The summed E-state index contributed by atoms with van der Waals surface area (Å²) < 4.78 is 5.14. The van der Waals surface area contributed by atoms with Crippen LogP contribution < -0.4 is 11.1 Å². The van der Waals surface area contributed by atoms with Gasteiger partial charge in [-0.05, 0) is 17.5 Å². The summed E-state index contributed by atoms with van der Waals surface area (Å²) in [6.45, 7) is 0.454. The van der Waals surface area contributed by atoms with Gasteiger partial charge in [-0.2, -0.15) is 0 Å². The van der Waals surface area contributed by atoms with Gasteiger partial charge in [0.2, 0.25) is 5.91 Å². The van der Waals surface area contributed by atoms with Gasteiger partial charge in [0, 0.05) is 6.54 Å². The van der Waals surface area contributed by atoms with Crippen molar-refractivity contribution in [3.8, 4) is 0 Å². The first-order valence-electron chi connectivity index (χ1n) is 7.92. The fraction of sp³-hybridized carbons (Fsp3) is 0.263. The van der Waals surface area contributed by atoms with E-state index in [-0.39, 0.29) is 43.9 Å². The van der Waals surface area contributed by atoms with Crippen molar-refractivity contribution in [1.82, 2.24) is 5.32 Å². The van der Waals surface area contributed by atoms with E-state index in [0.717, 1.165) is 11.1 Å². The molecule has 0 heterocycles. The Hall–Kier alpha value is -2.37. The average Bonchev–Trinajstić information content (AvgIpc) is 2.61. The van der Waals surface area contributed by atoms with Crippen molar-refractivity contribution in [1.29, 1.82) is 0 Å². The minimum atomic E-state index is -0.632. The molecule has 0 aliphatic carbocycles. The molecule has 6 heteroatoms. The molecule has 2 rings (SSSR count). The minimum absolute atomic E-state index is 0. The molecule has 0 bridgehead atoms. The van der Waals surface area contributed by atoms with Gasteiger partial charge in [-0.3, -0.25) is 9.59 Å². The van der Waals surface area contributed by atoms with Gasteiger partial charge in [-0.1, -0.05) is 60.7 Å². The van der Waals surface area contributed by atoms with E-state index < -0.39 is 6.04 Å². The maximum Gasteiger partial charge on any atom is 0.307 e. The third kappa shape index (κ3) is 7.83. The summed E-state index contributed by atoms with van der Waals surface area (Å²) in [5.41, 5.74) is 7.81. The van der Waals surface area contributed by atoms with E-state index in [9.17, 15) is 9.59 Å². The number of carbonyl (C=O) groups is 2. The van der Waals surface area contributed by atoms with Crippen LogP contribution in [0.15, 0.2) is 60.7 Å². The van der Waals surface area contributed by atoms with Gasteiger partial charge >= 0.3 is 5.97 Å². The second-order valence-corrected chi connectivity index (χ2v) is 5.48. The molecule has 0 aliphatic heterocycles. The molecule has 0 aliphatic rings. The Balaban J connectivity index is 0.00000312. The molecule has 1 amide bonds. The average molecular weight is 363 g/mol. The molecule has 0 radical (unpaired) electrons. The fourth-order valence-electron chi connectivity index (χ4n) is 2.19. The lowest BCUT2D eigenvalue weighted by molar-refractivity contribution is -0.144. The van der Waals surface area contributed by atoms with Crippen LogP contribution in [0.2, 0.25) is 0 Å². The van der Waals surface area contributed by atoms with E-state index in [1.807, 2.05) is 60.7 Å². The number of hydrogen-bond acceptors (Lipinski definition) is 4. The Morgan fingerprint density at radius 1 is 0.960 bits per heavy atom. The van der Waals surface area contributed by atoms with Crippen molar-refractivity contribution < 1.29 is 14.3 Å². The lowest BCUT2D eigenvalue weighted by Crippen LogP contribution is -2.42. The van der Waals surface area contributed by atoms with Gasteiger partial charge < -0.3 is 15.8 Å². The van der Waals surface area contributed by atoms with Crippen LogP contribution in [-0.2, 0) is 27.4 Å². The maximum atomic E-state index is 11.9. The Labute approximate surface area is 154 Å². The molecule has 0 spiro atoms. The summed E-state index contributed by atoms with van der Waals surface area (Å²) in [7, 11) is 0. The SMILES string of the molecule is Cl.N[C@@H](Cc1ccccc1)C(=O)NCCC(=O)OCc1ccccc1. The number of carbonyl (C=O) groups excluding carboxylic acids is 2. The summed E-state index contributed by atoms with van der Waals surface area (Å²) in [5, 5.41) is 2.67. The molecule has 2 aromatic rings. The standard InChI is InChI=1S/C19H22N2O3.ClH/c20-17(13-15-7-3-1-4-8-15)19(23)21-12-11-18(22)24-14-16-9-5-2-6-10-16;/h1-10,17H,11-14,20H2,(H,21,23);1H/t17-;/m0./s1. The number of ether oxygens (including phenoxy) is 1. The molecule has 1 atom stereocenters.